The van der Waals surface area contributed by atoms with E-state index in [1.807, 2.05) is 14.1 Å². The fraction of sp³-hybridized carbons (Fsp3) is 0.643. The van der Waals surface area contributed by atoms with Crippen LogP contribution in [0.5, 0.6) is 0 Å². The molecule has 0 saturated heterocycles. The lowest BCUT2D eigenvalue weighted by Crippen LogP contribution is -2.35. The van der Waals surface area contributed by atoms with Crippen molar-refractivity contribution in [3.63, 3.8) is 0 Å². The molecule has 7 nitrogen and oxygen atoms in total. The zero-order chi connectivity index (χ0) is 16.0. The van der Waals surface area contributed by atoms with Gasteiger partial charge in [0.2, 0.25) is 0 Å². The first-order valence-electron chi connectivity index (χ1n) is 7.07. The van der Waals surface area contributed by atoms with Gasteiger partial charge in [-0.25, -0.2) is 4.98 Å². The number of likely N-dealkylation sites (N-methyl/N-ethyl adjacent to an activating group) is 1. The lowest BCUT2D eigenvalue weighted by molar-refractivity contribution is -0.384. The van der Waals surface area contributed by atoms with Crippen molar-refractivity contribution < 1.29 is 4.92 Å². The fourth-order valence-electron chi connectivity index (χ4n) is 1.96. The summed E-state index contributed by atoms with van der Waals surface area (Å²) in [5, 5.41) is 13.9. The van der Waals surface area contributed by atoms with E-state index in [0.717, 1.165) is 19.6 Å². The number of hydrogen-bond donors (Lipinski definition) is 1. The molecule has 1 N–H and O–H groups in total. The summed E-state index contributed by atoms with van der Waals surface area (Å²) in [6, 6.07) is 2.99. The van der Waals surface area contributed by atoms with Gasteiger partial charge in [0.15, 0.2) is 0 Å². The van der Waals surface area contributed by atoms with Crippen LogP contribution in [0, 0.1) is 16.0 Å². The van der Waals surface area contributed by atoms with Gasteiger partial charge >= 0.3 is 0 Å². The van der Waals surface area contributed by atoms with Crippen molar-refractivity contribution in [2.75, 3.05) is 51.0 Å². The van der Waals surface area contributed by atoms with E-state index in [1.165, 1.54) is 6.07 Å². The number of nitrogens with zero attached hydrogens (tertiary/aromatic N) is 4. The van der Waals surface area contributed by atoms with E-state index in [-0.39, 0.29) is 10.6 Å². The molecule has 0 saturated carbocycles. The molecule has 1 aromatic heterocycles. The molecule has 1 aromatic rings. The highest BCUT2D eigenvalue weighted by atomic mass is 16.6. The van der Waals surface area contributed by atoms with Crippen LogP contribution in [0.3, 0.4) is 0 Å². The Balaban J connectivity index is 3.09. The predicted molar refractivity (Wildman–Crippen MR) is 86.0 cm³/mol. The Morgan fingerprint density at radius 1 is 1.33 bits per heavy atom. The molecule has 0 fully saturated rings. The summed E-state index contributed by atoms with van der Waals surface area (Å²) in [6.07, 6.45) is 0. The largest absolute Gasteiger partial charge is 0.373 e. The van der Waals surface area contributed by atoms with Crippen LogP contribution in [-0.4, -0.2) is 55.6 Å². The fourth-order valence-corrected chi connectivity index (χ4v) is 1.96. The van der Waals surface area contributed by atoms with Gasteiger partial charge in [-0.1, -0.05) is 13.8 Å². The van der Waals surface area contributed by atoms with E-state index in [1.54, 1.807) is 13.1 Å². The molecular formula is C14H25N5O2. The molecule has 0 aromatic carbocycles. The second kappa shape index (κ2) is 7.78. The second-order valence-electron chi connectivity index (χ2n) is 5.72. The van der Waals surface area contributed by atoms with Gasteiger partial charge in [-0.3, -0.25) is 10.1 Å². The van der Waals surface area contributed by atoms with Crippen LogP contribution in [0.4, 0.5) is 17.3 Å². The second-order valence-corrected chi connectivity index (χ2v) is 5.72. The van der Waals surface area contributed by atoms with E-state index in [4.69, 9.17) is 0 Å². The first kappa shape index (κ1) is 17.2. The van der Waals surface area contributed by atoms with Crippen LogP contribution in [0.15, 0.2) is 12.1 Å². The minimum atomic E-state index is -0.383. The summed E-state index contributed by atoms with van der Waals surface area (Å²) in [5.41, 5.74) is 0.0583. The van der Waals surface area contributed by atoms with Gasteiger partial charge in [-0.2, -0.15) is 0 Å². The van der Waals surface area contributed by atoms with Gasteiger partial charge in [0.05, 0.1) is 17.1 Å². The summed E-state index contributed by atoms with van der Waals surface area (Å²) in [7, 11) is 5.73. The number of nitro groups is 1. The van der Waals surface area contributed by atoms with Gasteiger partial charge in [0.1, 0.15) is 11.6 Å². The topological polar surface area (TPSA) is 74.5 Å². The van der Waals surface area contributed by atoms with Crippen molar-refractivity contribution in [1.29, 1.82) is 0 Å². The van der Waals surface area contributed by atoms with Crippen molar-refractivity contribution in [1.82, 2.24) is 9.88 Å². The molecule has 0 aliphatic carbocycles. The monoisotopic (exact) mass is 295 g/mol. The number of hydrogen-bond acceptors (Lipinski definition) is 6. The third-order valence-electron chi connectivity index (χ3n) is 2.99. The molecule has 1 heterocycles. The summed E-state index contributed by atoms with van der Waals surface area (Å²) in [6.45, 7) is 6.71. The lowest BCUT2D eigenvalue weighted by atomic mass is 10.2. The van der Waals surface area contributed by atoms with Gasteiger partial charge in [-0.15, -0.1) is 0 Å². The van der Waals surface area contributed by atoms with Gasteiger partial charge < -0.3 is 15.1 Å². The molecule has 0 aliphatic heterocycles. The van der Waals surface area contributed by atoms with Crippen molar-refractivity contribution >= 4 is 17.3 Å². The van der Waals surface area contributed by atoms with Crippen LogP contribution in [0.2, 0.25) is 0 Å². The van der Waals surface area contributed by atoms with Crippen molar-refractivity contribution in [2.24, 2.45) is 5.92 Å². The maximum absolute atomic E-state index is 11.1. The average molecular weight is 295 g/mol. The molecule has 0 bridgehead atoms. The number of aromatic nitrogens is 1. The molecular weight excluding hydrogens is 270 g/mol. The summed E-state index contributed by atoms with van der Waals surface area (Å²) >= 11 is 0. The molecule has 7 heteroatoms. The molecule has 0 unspecified atom stereocenters. The van der Waals surface area contributed by atoms with Crippen molar-refractivity contribution in [3.05, 3.63) is 22.2 Å². The Bertz CT molecular complexity index is 476. The molecule has 1 rings (SSSR count). The Morgan fingerprint density at radius 2 is 2.00 bits per heavy atom. The third kappa shape index (κ3) is 5.55. The molecule has 0 aliphatic rings. The third-order valence-corrected chi connectivity index (χ3v) is 2.99. The smallest absolute Gasteiger partial charge is 0.276 e. The van der Waals surface area contributed by atoms with Crippen LogP contribution >= 0.6 is 0 Å². The average Bonchev–Trinajstić information content (AvgIpc) is 2.42. The number of anilines is 2. The molecule has 0 spiro atoms. The van der Waals surface area contributed by atoms with Gasteiger partial charge in [0.25, 0.3) is 5.69 Å². The van der Waals surface area contributed by atoms with E-state index in [9.17, 15) is 10.1 Å². The molecule has 0 radical (unpaired) electrons. The maximum atomic E-state index is 11.1. The molecule has 118 valence electrons. The molecule has 0 atom stereocenters. The van der Waals surface area contributed by atoms with E-state index in [2.05, 4.69) is 33.9 Å². The highest BCUT2D eigenvalue weighted by molar-refractivity contribution is 5.55. The number of nitrogens with one attached hydrogen (secondary N) is 1. The molecule has 21 heavy (non-hydrogen) atoms. The highest BCUT2D eigenvalue weighted by Gasteiger charge is 2.16. The predicted octanol–water partition coefficient (Wildman–Crippen LogP) is 2.06. The van der Waals surface area contributed by atoms with Crippen LogP contribution in [0.1, 0.15) is 13.8 Å². The minimum absolute atomic E-state index is 0.0583. The zero-order valence-corrected chi connectivity index (χ0v) is 13.5. The summed E-state index contributed by atoms with van der Waals surface area (Å²) < 4.78 is 0. The summed E-state index contributed by atoms with van der Waals surface area (Å²) in [5.74, 6) is 1.60. The zero-order valence-electron chi connectivity index (χ0n) is 13.5. The van der Waals surface area contributed by atoms with Crippen molar-refractivity contribution in [3.8, 4) is 0 Å². The van der Waals surface area contributed by atoms with E-state index in [0.29, 0.717) is 17.6 Å². The Morgan fingerprint density at radius 3 is 2.48 bits per heavy atom. The summed E-state index contributed by atoms with van der Waals surface area (Å²) in [4.78, 5) is 19.3. The van der Waals surface area contributed by atoms with Crippen LogP contribution in [-0.2, 0) is 0 Å². The van der Waals surface area contributed by atoms with Gasteiger partial charge in [0, 0.05) is 26.7 Å². The number of rotatable bonds is 8. The number of pyridine rings is 1. The van der Waals surface area contributed by atoms with Crippen LogP contribution < -0.4 is 10.2 Å². The highest BCUT2D eigenvalue weighted by Crippen LogP contribution is 2.23. The van der Waals surface area contributed by atoms with Crippen LogP contribution in [0.25, 0.3) is 0 Å². The van der Waals surface area contributed by atoms with Crippen molar-refractivity contribution in [2.45, 2.75) is 13.8 Å². The quantitative estimate of drug-likeness (QED) is 0.584. The van der Waals surface area contributed by atoms with Gasteiger partial charge in [-0.05, 0) is 20.0 Å². The Kier molecular flexibility index (Phi) is 6.36. The Labute approximate surface area is 126 Å². The first-order chi connectivity index (χ1) is 9.83. The van der Waals surface area contributed by atoms with E-state index >= 15 is 0 Å². The first-order valence-corrected chi connectivity index (χ1v) is 7.07. The minimum Gasteiger partial charge on any atom is -0.373 e. The van der Waals surface area contributed by atoms with E-state index < -0.39 is 0 Å². The normalized spacial score (nSPS) is 11.0. The lowest BCUT2D eigenvalue weighted by Gasteiger charge is -2.27. The standard InChI is InChI=1S/C14H25N5O2/c1-11(2)10-18(7-6-17(4)5)14-9-12(19(20)21)8-13(15-3)16-14/h8-9,11H,6-7,10H2,1-5H3,(H,15,16). The Hall–Kier alpha value is -1.89. The maximum Gasteiger partial charge on any atom is 0.276 e. The SMILES string of the molecule is CNc1cc([N+](=O)[O-])cc(N(CCN(C)C)CC(C)C)n1. The molecule has 0 amide bonds.